The first-order chi connectivity index (χ1) is 7.30. The number of oxazole rings is 1. The molecule has 0 aliphatic heterocycles. The summed E-state index contributed by atoms with van der Waals surface area (Å²) in [5.74, 6) is 0.360. The standard InChI is InChI=1S/C9H10N2O2/c1-5-11-8-3-7(10)6(4-12)2-9(8)13-5/h2-3,12H,4,10H2,1H3/i2T,4D2. The highest BCUT2D eigenvalue weighted by molar-refractivity contribution is 5.78. The fraction of sp³-hybridized carbons (Fsp3) is 0.222. The highest BCUT2D eigenvalue weighted by atomic mass is 16.3. The Kier molecular flexibility index (Phi) is 1.10. The normalized spacial score (nSPS) is 15.4. The lowest BCUT2D eigenvalue weighted by molar-refractivity contribution is 0.282. The van der Waals surface area contributed by atoms with Crippen molar-refractivity contribution in [2.24, 2.45) is 0 Å². The van der Waals surface area contributed by atoms with Crippen LogP contribution in [0.4, 0.5) is 5.69 Å². The first-order valence-corrected chi connectivity index (χ1v) is 3.70. The lowest BCUT2D eigenvalue weighted by Crippen LogP contribution is -1.93. The minimum absolute atomic E-state index is 0.0155. The smallest absolute Gasteiger partial charge is 0.192 e. The Morgan fingerprint density at radius 3 is 3.38 bits per heavy atom. The van der Waals surface area contributed by atoms with Crippen molar-refractivity contribution >= 4 is 16.8 Å². The molecule has 4 heteroatoms. The van der Waals surface area contributed by atoms with Crippen LogP contribution in [0.15, 0.2) is 16.5 Å². The van der Waals surface area contributed by atoms with E-state index < -0.39 is 6.56 Å². The van der Waals surface area contributed by atoms with Gasteiger partial charge >= 0.3 is 0 Å². The van der Waals surface area contributed by atoms with Gasteiger partial charge in [0, 0.05) is 18.2 Å². The van der Waals surface area contributed by atoms with Gasteiger partial charge in [-0.3, -0.25) is 0 Å². The number of hydrogen-bond acceptors (Lipinski definition) is 4. The molecule has 0 atom stereocenters. The van der Waals surface area contributed by atoms with Gasteiger partial charge in [-0.25, -0.2) is 4.98 Å². The molecule has 68 valence electrons. The van der Waals surface area contributed by atoms with Gasteiger partial charge in [0.05, 0.1) is 10.7 Å². The fourth-order valence-electron chi connectivity index (χ4n) is 1.13. The van der Waals surface area contributed by atoms with E-state index in [2.05, 4.69) is 4.98 Å². The average molecular weight is 182 g/mol. The molecule has 1 heterocycles. The summed E-state index contributed by atoms with van der Waals surface area (Å²) in [6, 6.07) is 1.11. The van der Waals surface area contributed by atoms with Crippen molar-refractivity contribution in [2.75, 3.05) is 5.73 Å². The van der Waals surface area contributed by atoms with Crippen molar-refractivity contribution < 1.29 is 13.6 Å². The predicted octanol–water partition coefficient (Wildman–Crippen LogP) is 1.21. The molecule has 2 rings (SSSR count). The fourth-order valence-corrected chi connectivity index (χ4v) is 1.13. The topological polar surface area (TPSA) is 72.3 Å². The van der Waals surface area contributed by atoms with Crippen molar-refractivity contribution in [3.8, 4) is 0 Å². The summed E-state index contributed by atoms with van der Waals surface area (Å²) in [4.78, 5) is 3.99. The largest absolute Gasteiger partial charge is 0.441 e. The zero-order chi connectivity index (χ0) is 12.1. The molecular formula is C9H10N2O2. The Balaban J connectivity index is 2.85. The summed E-state index contributed by atoms with van der Waals surface area (Å²) in [5.41, 5.74) is 5.78. The SMILES string of the molecule is [2H]C([2H])(O)c1c(N)cc2nc(C)oc2c1[3H]. The number of nitrogen functional groups attached to an aromatic ring is 1. The van der Waals surface area contributed by atoms with E-state index >= 15 is 0 Å². The van der Waals surface area contributed by atoms with Crippen LogP contribution in [0.2, 0.25) is 0 Å². The Morgan fingerprint density at radius 2 is 2.69 bits per heavy atom. The maximum Gasteiger partial charge on any atom is 0.192 e. The Hall–Kier alpha value is -1.55. The number of rotatable bonds is 1. The number of anilines is 1. The second kappa shape index (κ2) is 2.74. The number of hydrogen-bond donors (Lipinski definition) is 2. The first kappa shape index (κ1) is 5.24. The average Bonchev–Trinajstić information content (AvgIpc) is 2.43. The van der Waals surface area contributed by atoms with Gasteiger partial charge in [0.2, 0.25) is 0 Å². The third kappa shape index (κ3) is 1.25. The quantitative estimate of drug-likeness (QED) is 0.650. The van der Waals surface area contributed by atoms with Crippen LogP contribution in [-0.4, -0.2) is 10.1 Å². The Morgan fingerprint density at radius 1 is 1.92 bits per heavy atom. The predicted molar refractivity (Wildman–Crippen MR) is 49.1 cm³/mol. The Labute approximate surface area is 79.2 Å². The molecule has 4 nitrogen and oxygen atoms in total. The number of fused-ring (bicyclic) bond motifs is 1. The van der Waals surface area contributed by atoms with E-state index in [-0.39, 0.29) is 22.9 Å². The molecule has 1 aromatic carbocycles. The van der Waals surface area contributed by atoms with Crippen LogP contribution in [0.1, 0.15) is 15.6 Å². The number of nitrogens with two attached hydrogens (primary N) is 1. The third-order valence-corrected chi connectivity index (χ3v) is 1.69. The van der Waals surface area contributed by atoms with E-state index in [1.165, 1.54) is 6.07 Å². The third-order valence-electron chi connectivity index (χ3n) is 1.69. The molecule has 13 heavy (non-hydrogen) atoms. The van der Waals surface area contributed by atoms with E-state index in [0.29, 0.717) is 11.4 Å². The molecule has 0 unspecified atom stereocenters. The maximum absolute atomic E-state index is 9.29. The molecule has 0 saturated heterocycles. The maximum atomic E-state index is 9.29. The van der Waals surface area contributed by atoms with Crippen molar-refractivity contribution in [2.45, 2.75) is 13.5 Å². The van der Waals surface area contributed by atoms with Gasteiger partial charge in [0.25, 0.3) is 0 Å². The molecule has 0 saturated carbocycles. The second-order valence-electron chi connectivity index (χ2n) is 2.66. The van der Waals surface area contributed by atoms with Gasteiger partial charge in [-0.1, -0.05) is 0 Å². The van der Waals surface area contributed by atoms with E-state index in [1.807, 2.05) is 0 Å². The van der Waals surface area contributed by atoms with E-state index in [0.717, 1.165) is 0 Å². The highest BCUT2D eigenvalue weighted by Crippen LogP contribution is 2.22. The molecule has 3 N–H and O–H groups in total. The van der Waals surface area contributed by atoms with Crippen LogP contribution >= 0.6 is 0 Å². The van der Waals surface area contributed by atoms with Gasteiger partial charge in [-0.2, -0.15) is 0 Å². The zero-order valence-electron chi connectivity index (χ0n) is 9.96. The van der Waals surface area contributed by atoms with E-state index in [9.17, 15) is 5.11 Å². The summed E-state index contributed by atoms with van der Waals surface area (Å²) in [5, 5.41) is 9.29. The van der Waals surface area contributed by atoms with Crippen LogP contribution in [-0.2, 0) is 6.56 Å². The van der Waals surface area contributed by atoms with Gasteiger partial charge in [0.1, 0.15) is 5.52 Å². The molecular weight excluding hydrogens is 168 g/mol. The first-order valence-electron chi connectivity index (χ1n) is 5.20. The summed E-state index contributed by atoms with van der Waals surface area (Å²) >= 11 is 0. The van der Waals surface area contributed by atoms with Gasteiger partial charge < -0.3 is 15.3 Å². The van der Waals surface area contributed by atoms with E-state index in [1.54, 1.807) is 6.92 Å². The van der Waals surface area contributed by atoms with Gasteiger partial charge in [-0.05, 0) is 12.1 Å². The molecule has 0 amide bonds. The molecule has 0 bridgehead atoms. The van der Waals surface area contributed by atoms with Crippen LogP contribution in [0, 0.1) is 6.92 Å². The molecule has 0 aliphatic carbocycles. The zero-order valence-corrected chi connectivity index (χ0v) is 6.96. The highest BCUT2D eigenvalue weighted by Gasteiger charge is 2.06. The monoisotopic (exact) mass is 182 g/mol. The minimum Gasteiger partial charge on any atom is -0.441 e. The van der Waals surface area contributed by atoms with Crippen LogP contribution in [0.5, 0.6) is 0 Å². The van der Waals surface area contributed by atoms with Crippen LogP contribution in [0.25, 0.3) is 11.1 Å². The Bertz CT molecular complexity index is 560. The van der Waals surface area contributed by atoms with Crippen molar-refractivity contribution in [1.82, 2.24) is 4.98 Å². The number of aryl methyl sites for hydroxylation is 1. The molecule has 0 fully saturated rings. The number of nitrogens with zero attached hydrogens (tertiary/aromatic N) is 1. The van der Waals surface area contributed by atoms with Crippen LogP contribution in [0.3, 0.4) is 0 Å². The second-order valence-corrected chi connectivity index (χ2v) is 2.66. The summed E-state index contributed by atoms with van der Waals surface area (Å²) in [7, 11) is 0. The minimum atomic E-state index is -2.67. The summed E-state index contributed by atoms with van der Waals surface area (Å²) in [6.45, 7) is -1.06. The molecule has 2 aromatic rings. The molecule has 0 spiro atoms. The summed E-state index contributed by atoms with van der Waals surface area (Å²) < 4.78 is 27.3. The molecule has 0 radical (unpaired) electrons. The lowest BCUT2D eigenvalue weighted by atomic mass is 10.2. The van der Waals surface area contributed by atoms with Crippen LogP contribution < -0.4 is 5.73 Å². The number of aromatic nitrogens is 1. The van der Waals surface area contributed by atoms with Crippen molar-refractivity contribution in [3.05, 3.63) is 23.6 Å². The van der Waals surface area contributed by atoms with E-state index in [4.69, 9.17) is 14.3 Å². The number of benzene rings is 1. The molecule has 1 aromatic heterocycles. The lowest BCUT2D eigenvalue weighted by Gasteiger charge is -1.99. The van der Waals surface area contributed by atoms with Gasteiger partial charge in [0.15, 0.2) is 11.5 Å². The summed E-state index contributed by atoms with van der Waals surface area (Å²) in [6.07, 6.45) is 0. The number of aliphatic hydroxyl groups is 1. The van der Waals surface area contributed by atoms with Crippen molar-refractivity contribution in [1.29, 1.82) is 0 Å². The van der Waals surface area contributed by atoms with Crippen molar-refractivity contribution in [3.63, 3.8) is 0 Å². The van der Waals surface area contributed by atoms with Gasteiger partial charge in [-0.15, -0.1) is 0 Å². The molecule has 0 aliphatic rings.